The molecule has 1 aromatic rings. The highest BCUT2D eigenvalue weighted by Gasteiger charge is 2.32. The Labute approximate surface area is 81.7 Å². The molecule has 0 spiro atoms. The molecule has 0 fully saturated rings. The lowest BCUT2D eigenvalue weighted by atomic mass is 10.00. The van der Waals surface area contributed by atoms with E-state index in [1.807, 2.05) is 0 Å². The number of aromatic nitrogens is 1. The van der Waals surface area contributed by atoms with Gasteiger partial charge in [0, 0.05) is 7.11 Å². The van der Waals surface area contributed by atoms with Crippen LogP contribution in [0.1, 0.15) is 35.7 Å². The molecular formula is C9H13NO4. The second kappa shape index (κ2) is 3.42. The van der Waals surface area contributed by atoms with Crippen LogP contribution in [-0.2, 0) is 10.3 Å². The zero-order valence-corrected chi connectivity index (χ0v) is 8.62. The lowest BCUT2D eigenvalue weighted by molar-refractivity contribution is 0.0117. The molecule has 0 saturated heterocycles. The predicted octanol–water partition coefficient (Wildman–Crippen LogP) is 1.56. The monoisotopic (exact) mass is 199 g/mol. The van der Waals surface area contributed by atoms with Crippen LogP contribution in [0.5, 0.6) is 0 Å². The topological polar surface area (TPSA) is 72.6 Å². The van der Waals surface area contributed by atoms with Gasteiger partial charge in [0.15, 0.2) is 0 Å². The molecule has 0 bridgehead atoms. The molecule has 0 unspecified atom stereocenters. The predicted molar refractivity (Wildman–Crippen MR) is 48.2 cm³/mol. The van der Waals surface area contributed by atoms with Crippen molar-refractivity contribution in [2.45, 2.75) is 26.4 Å². The number of methoxy groups -OCH3 is 1. The molecule has 1 N–H and O–H groups in total. The summed E-state index contributed by atoms with van der Waals surface area (Å²) in [6, 6.07) is 0. The van der Waals surface area contributed by atoms with Crippen molar-refractivity contribution in [3.8, 4) is 0 Å². The van der Waals surface area contributed by atoms with Crippen molar-refractivity contribution in [1.82, 2.24) is 5.16 Å². The van der Waals surface area contributed by atoms with Gasteiger partial charge < -0.3 is 14.4 Å². The van der Waals surface area contributed by atoms with Gasteiger partial charge >= 0.3 is 5.97 Å². The highest BCUT2D eigenvalue weighted by molar-refractivity contribution is 5.90. The summed E-state index contributed by atoms with van der Waals surface area (Å²) in [5.74, 6) is -0.762. The van der Waals surface area contributed by atoms with Crippen LogP contribution in [0.2, 0.25) is 0 Å². The Balaban J connectivity index is 3.29. The van der Waals surface area contributed by atoms with Crippen LogP contribution in [0, 0.1) is 6.92 Å². The fourth-order valence-electron chi connectivity index (χ4n) is 1.13. The molecule has 0 amide bonds. The number of aromatic carboxylic acids is 1. The first-order valence-electron chi connectivity index (χ1n) is 4.15. The molecule has 1 rings (SSSR count). The van der Waals surface area contributed by atoms with Crippen LogP contribution in [0.25, 0.3) is 0 Å². The van der Waals surface area contributed by atoms with E-state index in [1.165, 1.54) is 7.11 Å². The zero-order chi connectivity index (χ0) is 10.9. The highest BCUT2D eigenvalue weighted by atomic mass is 16.5. The first kappa shape index (κ1) is 10.7. The maximum Gasteiger partial charge on any atom is 0.341 e. The van der Waals surface area contributed by atoms with Crippen LogP contribution in [-0.4, -0.2) is 23.3 Å². The van der Waals surface area contributed by atoms with Gasteiger partial charge in [0.2, 0.25) is 0 Å². The Kier molecular flexibility index (Phi) is 2.62. The van der Waals surface area contributed by atoms with Crippen molar-refractivity contribution in [2.24, 2.45) is 0 Å². The number of aryl methyl sites for hydroxylation is 1. The Morgan fingerprint density at radius 1 is 1.57 bits per heavy atom. The third-order valence-electron chi connectivity index (χ3n) is 2.16. The van der Waals surface area contributed by atoms with Crippen molar-refractivity contribution in [3.05, 3.63) is 17.0 Å². The third-order valence-corrected chi connectivity index (χ3v) is 2.16. The lowest BCUT2D eigenvalue weighted by Gasteiger charge is -2.20. The van der Waals surface area contributed by atoms with E-state index >= 15 is 0 Å². The summed E-state index contributed by atoms with van der Waals surface area (Å²) in [6.07, 6.45) is 0. The van der Waals surface area contributed by atoms with Gasteiger partial charge in [-0.15, -0.1) is 0 Å². The standard InChI is InChI=1S/C9H13NO4/c1-5-6(8(11)12)7(10-14-5)9(2,3)13-4/h1-4H3,(H,11,12). The van der Waals surface area contributed by atoms with Crippen molar-refractivity contribution in [3.63, 3.8) is 0 Å². The van der Waals surface area contributed by atoms with Crippen molar-refractivity contribution in [1.29, 1.82) is 0 Å². The second-order valence-electron chi connectivity index (χ2n) is 3.48. The van der Waals surface area contributed by atoms with E-state index in [0.717, 1.165) is 0 Å². The van der Waals surface area contributed by atoms with Crippen LogP contribution in [0.4, 0.5) is 0 Å². The Hall–Kier alpha value is -1.36. The molecule has 0 atom stereocenters. The first-order valence-corrected chi connectivity index (χ1v) is 4.15. The fraction of sp³-hybridized carbons (Fsp3) is 0.556. The van der Waals surface area contributed by atoms with E-state index in [9.17, 15) is 4.79 Å². The number of carboxylic acids is 1. The van der Waals surface area contributed by atoms with E-state index < -0.39 is 11.6 Å². The molecule has 1 heterocycles. The summed E-state index contributed by atoms with van der Waals surface area (Å²) in [6.45, 7) is 5.03. The Bertz CT molecular complexity index is 354. The van der Waals surface area contributed by atoms with Crippen LogP contribution in [0.15, 0.2) is 4.52 Å². The molecule has 0 saturated carbocycles. The van der Waals surface area contributed by atoms with Gasteiger partial charge in [0.25, 0.3) is 0 Å². The number of hydrogen-bond donors (Lipinski definition) is 1. The minimum Gasteiger partial charge on any atom is -0.477 e. The Morgan fingerprint density at radius 3 is 2.57 bits per heavy atom. The van der Waals surface area contributed by atoms with Crippen LogP contribution < -0.4 is 0 Å². The van der Waals surface area contributed by atoms with Crippen LogP contribution >= 0.6 is 0 Å². The lowest BCUT2D eigenvalue weighted by Crippen LogP contribution is -2.23. The van der Waals surface area contributed by atoms with Crippen molar-refractivity contribution >= 4 is 5.97 Å². The SMILES string of the molecule is COC(C)(C)c1noc(C)c1C(=O)O. The smallest absolute Gasteiger partial charge is 0.341 e. The van der Waals surface area contributed by atoms with E-state index in [0.29, 0.717) is 5.69 Å². The fourth-order valence-corrected chi connectivity index (χ4v) is 1.13. The van der Waals surface area contributed by atoms with E-state index in [-0.39, 0.29) is 11.3 Å². The summed E-state index contributed by atoms with van der Waals surface area (Å²) < 4.78 is 9.98. The number of carbonyl (C=O) groups is 1. The Morgan fingerprint density at radius 2 is 2.14 bits per heavy atom. The third kappa shape index (κ3) is 1.63. The number of carboxylic acid groups (broad SMARTS) is 1. The van der Waals surface area contributed by atoms with Gasteiger partial charge in [-0.25, -0.2) is 4.79 Å². The minimum atomic E-state index is -1.05. The summed E-state index contributed by atoms with van der Waals surface area (Å²) in [5.41, 5.74) is -0.368. The van der Waals surface area contributed by atoms with Gasteiger partial charge in [-0.05, 0) is 20.8 Å². The highest BCUT2D eigenvalue weighted by Crippen LogP contribution is 2.27. The first-order chi connectivity index (χ1) is 6.40. The number of rotatable bonds is 3. The zero-order valence-electron chi connectivity index (χ0n) is 8.62. The molecule has 0 radical (unpaired) electrons. The molecule has 0 aliphatic rings. The minimum absolute atomic E-state index is 0.0804. The van der Waals surface area contributed by atoms with E-state index in [4.69, 9.17) is 14.4 Å². The van der Waals surface area contributed by atoms with Crippen molar-refractivity contribution < 1.29 is 19.2 Å². The largest absolute Gasteiger partial charge is 0.477 e. The molecule has 1 aromatic heterocycles. The molecule has 0 aliphatic carbocycles. The maximum absolute atomic E-state index is 10.9. The van der Waals surface area contributed by atoms with Crippen LogP contribution in [0.3, 0.4) is 0 Å². The molecular weight excluding hydrogens is 186 g/mol. The average molecular weight is 199 g/mol. The van der Waals surface area contributed by atoms with E-state index in [1.54, 1.807) is 20.8 Å². The molecule has 5 nitrogen and oxygen atoms in total. The second-order valence-corrected chi connectivity index (χ2v) is 3.48. The summed E-state index contributed by atoms with van der Waals surface area (Å²) >= 11 is 0. The van der Waals surface area contributed by atoms with Crippen molar-refractivity contribution in [2.75, 3.05) is 7.11 Å². The number of nitrogens with zero attached hydrogens (tertiary/aromatic N) is 1. The van der Waals surface area contributed by atoms with Gasteiger partial charge in [-0.3, -0.25) is 0 Å². The number of hydrogen-bond acceptors (Lipinski definition) is 4. The normalized spacial score (nSPS) is 11.7. The summed E-state index contributed by atoms with van der Waals surface area (Å²) in [4.78, 5) is 10.9. The molecule has 0 aromatic carbocycles. The number of ether oxygens (including phenoxy) is 1. The quantitative estimate of drug-likeness (QED) is 0.799. The maximum atomic E-state index is 10.9. The van der Waals surface area contributed by atoms with Gasteiger partial charge in [0.05, 0.1) is 0 Å². The molecule has 5 heteroatoms. The molecule has 14 heavy (non-hydrogen) atoms. The van der Waals surface area contributed by atoms with E-state index in [2.05, 4.69) is 5.16 Å². The van der Waals surface area contributed by atoms with Gasteiger partial charge in [-0.1, -0.05) is 5.16 Å². The van der Waals surface area contributed by atoms with Gasteiger partial charge in [-0.2, -0.15) is 0 Å². The molecule has 0 aliphatic heterocycles. The average Bonchev–Trinajstić information content (AvgIpc) is 2.47. The van der Waals surface area contributed by atoms with Gasteiger partial charge in [0.1, 0.15) is 22.6 Å². The molecule has 78 valence electrons. The summed E-state index contributed by atoms with van der Waals surface area (Å²) in [5, 5.41) is 12.6. The summed E-state index contributed by atoms with van der Waals surface area (Å²) in [7, 11) is 1.50.